The number of ether oxygens (including phenoxy) is 1. The highest BCUT2D eigenvalue weighted by Crippen LogP contribution is 1.93. The van der Waals surface area contributed by atoms with Crippen LogP contribution in [0, 0.1) is 0 Å². The Bertz CT molecular complexity index is 389. The van der Waals surface area contributed by atoms with E-state index in [4.69, 9.17) is 5.73 Å². The fraction of sp³-hybridized carbons (Fsp3) is 0.500. The van der Waals surface area contributed by atoms with Crippen LogP contribution >= 0.6 is 0 Å². The molecule has 0 saturated heterocycles. The molecule has 0 aliphatic rings. The van der Waals surface area contributed by atoms with Gasteiger partial charge in [-0.25, -0.2) is 9.67 Å². The van der Waals surface area contributed by atoms with E-state index in [0.29, 0.717) is 0 Å². The minimum atomic E-state index is -0.478. The zero-order valence-electron chi connectivity index (χ0n) is 9.08. The molecule has 1 rings (SSSR count). The number of carbonyl (C=O) groups excluding carboxylic acids is 2. The highest BCUT2D eigenvalue weighted by molar-refractivity contribution is 5.81. The molecule has 88 valence electrons. The summed E-state index contributed by atoms with van der Waals surface area (Å²) in [6.07, 6.45) is 1.35. The Kier molecular flexibility index (Phi) is 3.81. The molecule has 0 saturated carbocycles. The molecule has 0 fully saturated rings. The van der Waals surface area contributed by atoms with Crippen LogP contribution in [0.3, 0.4) is 0 Å². The Morgan fingerprint density at radius 2 is 2.31 bits per heavy atom. The third kappa shape index (κ3) is 3.23. The summed E-state index contributed by atoms with van der Waals surface area (Å²) in [4.78, 5) is 27.4. The smallest absolute Gasteiger partial charge is 0.325 e. The normalized spacial score (nSPS) is 9.88. The quantitative estimate of drug-likeness (QED) is 0.627. The Morgan fingerprint density at radius 3 is 2.81 bits per heavy atom. The van der Waals surface area contributed by atoms with Crippen LogP contribution in [0.4, 0.5) is 5.95 Å². The third-order valence-corrected chi connectivity index (χ3v) is 1.87. The number of rotatable bonds is 4. The number of methoxy groups -OCH3 is 1. The first kappa shape index (κ1) is 12.0. The van der Waals surface area contributed by atoms with Crippen molar-refractivity contribution in [2.24, 2.45) is 0 Å². The molecule has 8 nitrogen and oxygen atoms in total. The first-order valence-electron chi connectivity index (χ1n) is 4.48. The van der Waals surface area contributed by atoms with Crippen LogP contribution < -0.4 is 5.73 Å². The summed E-state index contributed by atoms with van der Waals surface area (Å²) < 4.78 is 5.73. The molecule has 0 aliphatic heterocycles. The van der Waals surface area contributed by atoms with Crippen LogP contribution in [0.2, 0.25) is 0 Å². The number of aromatic nitrogens is 3. The van der Waals surface area contributed by atoms with Crippen LogP contribution in [-0.4, -0.2) is 52.2 Å². The monoisotopic (exact) mass is 227 g/mol. The molecule has 8 heteroatoms. The van der Waals surface area contributed by atoms with Gasteiger partial charge in [0.25, 0.3) is 0 Å². The van der Waals surface area contributed by atoms with Gasteiger partial charge in [-0.1, -0.05) is 0 Å². The van der Waals surface area contributed by atoms with E-state index in [9.17, 15) is 9.59 Å². The molecule has 1 heterocycles. The van der Waals surface area contributed by atoms with Crippen molar-refractivity contribution in [3.8, 4) is 0 Å². The molecule has 1 aromatic heterocycles. The number of amides is 1. The Hall–Kier alpha value is -2.12. The van der Waals surface area contributed by atoms with Crippen molar-refractivity contribution in [1.29, 1.82) is 0 Å². The third-order valence-electron chi connectivity index (χ3n) is 1.87. The predicted octanol–water partition coefficient (Wildman–Crippen LogP) is -1.51. The van der Waals surface area contributed by atoms with Crippen LogP contribution in [0.5, 0.6) is 0 Å². The zero-order valence-corrected chi connectivity index (χ0v) is 9.08. The lowest BCUT2D eigenvalue weighted by Gasteiger charge is -2.14. The number of carbonyl (C=O) groups is 2. The van der Waals surface area contributed by atoms with E-state index in [1.54, 1.807) is 0 Å². The number of likely N-dealkylation sites (N-methyl/N-ethyl adjacent to an activating group) is 1. The van der Waals surface area contributed by atoms with Gasteiger partial charge in [0.2, 0.25) is 11.9 Å². The number of hydrogen-bond acceptors (Lipinski definition) is 6. The molecule has 1 amide bonds. The second-order valence-corrected chi connectivity index (χ2v) is 3.13. The van der Waals surface area contributed by atoms with Crippen molar-refractivity contribution in [3.63, 3.8) is 0 Å². The van der Waals surface area contributed by atoms with Gasteiger partial charge in [0.05, 0.1) is 7.11 Å². The first-order valence-corrected chi connectivity index (χ1v) is 4.48. The maximum atomic E-state index is 11.6. The number of nitrogens with zero attached hydrogens (tertiary/aromatic N) is 4. The molecular weight excluding hydrogens is 214 g/mol. The Balaban J connectivity index is 2.49. The molecule has 2 N–H and O–H groups in total. The summed E-state index contributed by atoms with van der Waals surface area (Å²) in [5.41, 5.74) is 5.29. The second kappa shape index (κ2) is 5.10. The summed E-state index contributed by atoms with van der Waals surface area (Å²) in [6, 6.07) is 0. The van der Waals surface area contributed by atoms with Crippen molar-refractivity contribution in [1.82, 2.24) is 19.7 Å². The van der Waals surface area contributed by atoms with Crippen molar-refractivity contribution < 1.29 is 14.3 Å². The summed E-state index contributed by atoms with van der Waals surface area (Å²) in [7, 11) is 2.76. The number of nitrogen functional groups attached to an aromatic ring is 1. The van der Waals surface area contributed by atoms with Crippen molar-refractivity contribution in [2.75, 3.05) is 26.4 Å². The van der Waals surface area contributed by atoms with Crippen LogP contribution in [-0.2, 0) is 20.9 Å². The van der Waals surface area contributed by atoms with Crippen molar-refractivity contribution in [2.45, 2.75) is 6.54 Å². The van der Waals surface area contributed by atoms with E-state index in [-0.39, 0.29) is 24.9 Å². The lowest BCUT2D eigenvalue weighted by atomic mass is 10.5. The zero-order chi connectivity index (χ0) is 12.1. The molecule has 0 spiro atoms. The second-order valence-electron chi connectivity index (χ2n) is 3.13. The van der Waals surface area contributed by atoms with Gasteiger partial charge in [0.15, 0.2) is 0 Å². The lowest BCUT2D eigenvalue weighted by molar-refractivity contribution is -0.146. The number of anilines is 1. The number of esters is 1. The molecule has 0 radical (unpaired) electrons. The van der Waals surface area contributed by atoms with Crippen LogP contribution in [0.15, 0.2) is 6.33 Å². The van der Waals surface area contributed by atoms with Crippen LogP contribution in [0.1, 0.15) is 0 Å². The average molecular weight is 227 g/mol. The molecule has 1 aromatic rings. The molecule has 0 aromatic carbocycles. The molecule has 0 atom stereocenters. The van der Waals surface area contributed by atoms with Crippen LogP contribution in [0.25, 0.3) is 0 Å². The SMILES string of the molecule is COC(=O)CN(C)C(=O)Cn1cnc(N)n1. The maximum absolute atomic E-state index is 11.6. The van der Waals surface area contributed by atoms with Gasteiger partial charge in [0.1, 0.15) is 19.4 Å². The highest BCUT2D eigenvalue weighted by atomic mass is 16.5. The van der Waals surface area contributed by atoms with E-state index in [1.165, 1.54) is 30.1 Å². The van der Waals surface area contributed by atoms with Gasteiger partial charge in [-0.2, -0.15) is 0 Å². The summed E-state index contributed by atoms with van der Waals surface area (Å²) >= 11 is 0. The Labute approximate surface area is 92.0 Å². The lowest BCUT2D eigenvalue weighted by Crippen LogP contribution is -2.35. The standard InChI is InChI=1S/C8H13N5O3/c1-12(4-7(15)16-2)6(14)3-13-5-10-8(9)11-13/h5H,3-4H2,1-2H3,(H2,9,11). The van der Waals surface area contributed by atoms with Gasteiger partial charge in [-0.3, -0.25) is 9.59 Å². The fourth-order valence-corrected chi connectivity index (χ4v) is 0.991. The van der Waals surface area contributed by atoms with E-state index < -0.39 is 5.97 Å². The van der Waals surface area contributed by atoms with Gasteiger partial charge >= 0.3 is 5.97 Å². The van der Waals surface area contributed by atoms with E-state index in [1.807, 2.05) is 0 Å². The van der Waals surface area contributed by atoms with Gasteiger partial charge < -0.3 is 15.4 Å². The average Bonchev–Trinajstić information content (AvgIpc) is 2.63. The molecular formula is C8H13N5O3. The van der Waals surface area contributed by atoms with Gasteiger partial charge in [-0.05, 0) is 0 Å². The minimum absolute atomic E-state index is 0.0162. The van der Waals surface area contributed by atoms with E-state index in [0.717, 1.165) is 0 Å². The van der Waals surface area contributed by atoms with E-state index in [2.05, 4.69) is 14.8 Å². The Morgan fingerprint density at radius 1 is 1.62 bits per heavy atom. The maximum Gasteiger partial charge on any atom is 0.325 e. The number of hydrogen-bond donors (Lipinski definition) is 1. The van der Waals surface area contributed by atoms with Gasteiger partial charge in [-0.15, -0.1) is 5.10 Å². The highest BCUT2D eigenvalue weighted by Gasteiger charge is 2.13. The molecule has 16 heavy (non-hydrogen) atoms. The van der Waals surface area contributed by atoms with Crippen molar-refractivity contribution in [3.05, 3.63) is 6.33 Å². The molecule has 0 unspecified atom stereocenters. The molecule has 0 aliphatic carbocycles. The fourth-order valence-electron chi connectivity index (χ4n) is 0.991. The van der Waals surface area contributed by atoms with Gasteiger partial charge in [0, 0.05) is 7.05 Å². The van der Waals surface area contributed by atoms with E-state index >= 15 is 0 Å². The minimum Gasteiger partial charge on any atom is -0.468 e. The largest absolute Gasteiger partial charge is 0.468 e. The topological polar surface area (TPSA) is 103 Å². The summed E-state index contributed by atoms with van der Waals surface area (Å²) in [5, 5.41) is 3.75. The summed E-state index contributed by atoms with van der Waals surface area (Å²) in [6.45, 7) is -0.114. The summed E-state index contributed by atoms with van der Waals surface area (Å²) in [5.74, 6) is -0.660. The first-order chi connectivity index (χ1) is 7.52. The van der Waals surface area contributed by atoms with Crippen molar-refractivity contribution >= 4 is 17.8 Å². The molecule has 0 bridgehead atoms. The number of nitrogens with two attached hydrogens (primary N) is 1. The predicted molar refractivity (Wildman–Crippen MR) is 54.1 cm³/mol.